The molecule has 0 aliphatic heterocycles. The van der Waals surface area contributed by atoms with Gasteiger partial charge in [0.1, 0.15) is 5.82 Å². The maximum Gasteiger partial charge on any atom is 0.333 e. The molecular weight excluding hydrogens is 297 g/mol. The third-order valence-electron chi connectivity index (χ3n) is 3.09. The lowest BCUT2D eigenvalue weighted by atomic mass is 10.2. The van der Waals surface area contributed by atoms with Crippen molar-refractivity contribution in [2.75, 3.05) is 5.73 Å². The van der Waals surface area contributed by atoms with Crippen molar-refractivity contribution >= 4 is 34.2 Å². The molecule has 0 aliphatic rings. The Kier molecular flexibility index (Phi) is 3.03. The fraction of sp³-hybridized carbons (Fsp3) is 0. The van der Waals surface area contributed by atoms with Crippen LogP contribution in [0.25, 0.3) is 11.0 Å². The highest BCUT2D eigenvalue weighted by atomic mass is 35.5. The highest BCUT2D eigenvalue weighted by Crippen LogP contribution is 2.22. The number of benzene rings is 2. The summed E-state index contributed by atoms with van der Waals surface area (Å²) in [5.74, 6) is -1.62. The number of hydrogen-bond acceptors (Lipinski definition) is 3. The van der Waals surface area contributed by atoms with Crippen LogP contribution >= 0.6 is 11.6 Å². The van der Waals surface area contributed by atoms with Crippen LogP contribution in [-0.4, -0.2) is 15.5 Å². The van der Waals surface area contributed by atoms with Gasteiger partial charge < -0.3 is 10.7 Å². The predicted octanol–water partition coefficient (Wildman–Crippen LogP) is 2.39. The fourth-order valence-corrected chi connectivity index (χ4v) is 2.39. The van der Waals surface area contributed by atoms with Crippen LogP contribution in [0.3, 0.4) is 0 Å². The summed E-state index contributed by atoms with van der Waals surface area (Å²) in [4.78, 5) is 26.9. The molecule has 1 aromatic heterocycles. The van der Waals surface area contributed by atoms with Gasteiger partial charge in [-0.2, -0.15) is 0 Å². The number of carbonyl (C=O) groups is 1. The topological polar surface area (TPSA) is 80.9 Å². The van der Waals surface area contributed by atoms with Crippen LogP contribution in [0, 0.1) is 5.82 Å². The summed E-state index contributed by atoms with van der Waals surface area (Å²) in [5, 5.41) is -0.0586. The SMILES string of the molecule is Nc1ccc2c(c1)[nH]c(=O)n2C(=O)c1c(F)cccc1Cl. The summed E-state index contributed by atoms with van der Waals surface area (Å²) in [7, 11) is 0. The van der Waals surface area contributed by atoms with Crippen molar-refractivity contribution in [1.29, 1.82) is 0 Å². The molecule has 106 valence electrons. The second-order valence-electron chi connectivity index (χ2n) is 4.44. The number of imidazole rings is 1. The van der Waals surface area contributed by atoms with Gasteiger partial charge in [0.05, 0.1) is 21.6 Å². The average Bonchev–Trinajstić information content (AvgIpc) is 2.73. The summed E-state index contributed by atoms with van der Waals surface area (Å²) in [5.41, 5.74) is 5.72. The van der Waals surface area contributed by atoms with Gasteiger partial charge in [-0.1, -0.05) is 17.7 Å². The quantitative estimate of drug-likeness (QED) is 0.677. The Bertz CT molecular complexity index is 909. The van der Waals surface area contributed by atoms with Crippen LogP contribution in [0.4, 0.5) is 10.1 Å². The molecule has 0 atom stereocenters. The number of nitrogens with two attached hydrogens (primary N) is 1. The van der Waals surface area contributed by atoms with Crippen LogP contribution in [0.2, 0.25) is 5.02 Å². The number of halogens is 2. The van der Waals surface area contributed by atoms with Gasteiger partial charge in [0.15, 0.2) is 0 Å². The number of nitrogens with one attached hydrogen (secondary N) is 1. The van der Waals surface area contributed by atoms with E-state index in [0.717, 1.165) is 10.6 Å². The lowest BCUT2D eigenvalue weighted by Crippen LogP contribution is -2.25. The maximum atomic E-state index is 13.8. The summed E-state index contributed by atoms with van der Waals surface area (Å²) >= 11 is 5.86. The molecule has 0 aliphatic carbocycles. The number of rotatable bonds is 1. The Hall–Kier alpha value is -2.60. The zero-order chi connectivity index (χ0) is 15.1. The molecule has 3 N–H and O–H groups in total. The minimum atomic E-state index is -0.834. The number of aromatic nitrogens is 2. The van der Waals surface area contributed by atoms with Crippen molar-refractivity contribution in [3.8, 4) is 0 Å². The number of nitrogen functional groups attached to an aromatic ring is 1. The number of nitrogens with zero attached hydrogens (tertiary/aromatic N) is 1. The Balaban J connectivity index is 2.28. The van der Waals surface area contributed by atoms with Crippen molar-refractivity contribution in [2.24, 2.45) is 0 Å². The second-order valence-corrected chi connectivity index (χ2v) is 4.85. The summed E-state index contributed by atoms with van der Waals surface area (Å²) in [6.07, 6.45) is 0. The van der Waals surface area contributed by atoms with E-state index < -0.39 is 17.4 Å². The predicted molar refractivity (Wildman–Crippen MR) is 78.1 cm³/mol. The summed E-state index contributed by atoms with van der Waals surface area (Å²) in [6, 6.07) is 8.45. The van der Waals surface area contributed by atoms with Gasteiger partial charge in [-0.3, -0.25) is 4.79 Å². The van der Waals surface area contributed by atoms with E-state index in [1.165, 1.54) is 24.3 Å². The zero-order valence-electron chi connectivity index (χ0n) is 10.6. The van der Waals surface area contributed by atoms with E-state index in [0.29, 0.717) is 16.7 Å². The Morgan fingerprint density at radius 1 is 1.29 bits per heavy atom. The molecule has 0 unspecified atom stereocenters. The molecule has 3 aromatic rings. The molecule has 7 heteroatoms. The van der Waals surface area contributed by atoms with Gasteiger partial charge >= 0.3 is 5.69 Å². The van der Waals surface area contributed by atoms with Crippen molar-refractivity contribution in [2.45, 2.75) is 0 Å². The number of carbonyl (C=O) groups excluding carboxylic acids is 1. The molecule has 0 bridgehead atoms. The van der Waals surface area contributed by atoms with Gasteiger partial charge in [0.2, 0.25) is 0 Å². The van der Waals surface area contributed by atoms with Gasteiger partial charge in [-0.25, -0.2) is 13.8 Å². The molecule has 2 aromatic carbocycles. The minimum Gasteiger partial charge on any atom is -0.399 e. The van der Waals surface area contributed by atoms with Crippen LogP contribution in [0.1, 0.15) is 10.4 Å². The molecule has 0 spiro atoms. The smallest absolute Gasteiger partial charge is 0.333 e. The van der Waals surface area contributed by atoms with E-state index in [-0.39, 0.29) is 10.6 Å². The first kappa shape index (κ1) is 13.4. The lowest BCUT2D eigenvalue weighted by Gasteiger charge is -2.05. The number of H-pyrrole nitrogens is 1. The van der Waals surface area contributed by atoms with Gasteiger partial charge in [0.25, 0.3) is 5.91 Å². The molecule has 0 fully saturated rings. The Morgan fingerprint density at radius 2 is 2.05 bits per heavy atom. The summed E-state index contributed by atoms with van der Waals surface area (Å²) < 4.78 is 14.7. The van der Waals surface area contributed by atoms with Crippen LogP contribution in [0.15, 0.2) is 41.2 Å². The van der Waals surface area contributed by atoms with Crippen molar-refractivity contribution < 1.29 is 9.18 Å². The number of aromatic amines is 1. The van der Waals surface area contributed by atoms with Crippen LogP contribution in [-0.2, 0) is 0 Å². The van der Waals surface area contributed by atoms with Gasteiger partial charge in [0, 0.05) is 5.69 Å². The first-order valence-corrected chi connectivity index (χ1v) is 6.36. The number of anilines is 1. The fourth-order valence-electron chi connectivity index (χ4n) is 2.14. The molecular formula is C14H9ClFN3O2. The van der Waals surface area contributed by atoms with Crippen molar-refractivity contribution in [3.63, 3.8) is 0 Å². The first-order valence-electron chi connectivity index (χ1n) is 5.98. The molecule has 0 saturated carbocycles. The Labute approximate surface area is 122 Å². The third-order valence-corrected chi connectivity index (χ3v) is 3.40. The maximum absolute atomic E-state index is 13.8. The second kappa shape index (κ2) is 4.75. The summed E-state index contributed by atoms with van der Waals surface area (Å²) in [6.45, 7) is 0. The van der Waals surface area contributed by atoms with Crippen LogP contribution < -0.4 is 11.4 Å². The van der Waals surface area contributed by atoms with E-state index in [1.54, 1.807) is 6.07 Å². The van der Waals surface area contributed by atoms with E-state index in [4.69, 9.17) is 17.3 Å². The monoisotopic (exact) mass is 305 g/mol. The average molecular weight is 306 g/mol. The van der Waals surface area contributed by atoms with E-state index >= 15 is 0 Å². The normalized spacial score (nSPS) is 11.0. The molecule has 21 heavy (non-hydrogen) atoms. The lowest BCUT2D eigenvalue weighted by molar-refractivity contribution is 0.0957. The number of hydrogen-bond donors (Lipinski definition) is 2. The van der Waals surface area contributed by atoms with Gasteiger partial charge in [-0.15, -0.1) is 0 Å². The molecule has 5 nitrogen and oxygen atoms in total. The molecule has 1 heterocycles. The van der Waals surface area contributed by atoms with Crippen molar-refractivity contribution in [1.82, 2.24) is 9.55 Å². The molecule has 0 saturated heterocycles. The third kappa shape index (κ3) is 2.09. The Morgan fingerprint density at radius 3 is 2.76 bits per heavy atom. The van der Waals surface area contributed by atoms with Crippen LogP contribution in [0.5, 0.6) is 0 Å². The van der Waals surface area contributed by atoms with E-state index in [2.05, 4.69) is 4.98 Å². The highest BCUT2D eigenvalue weighted by Gasteiger charge is 2.21. The highest BCUT2D eigenvalue weighted by molar-refractivity contribution is 6.34. The van der Waals surface area contributed by atoms with Crippen molar-refractivity contribution in [3.05, 3.63) is 63.3 Å². The molecule has 0 radical (unpaired) electrons. The van der Waals surface area contributed by atoms with E-state index in [1.807, 2.05) is 0 Å². The van der Waals surface area contributed by atoms with E-state index in [9.17, 15) is 14.0 Å². The van der Waals surface area contributed by atoms with Gasteiger partial charge in [-0.05, 0) is 30.3 Å². The minimum absolute atomic E-state index is 0.0586. The first-order chi connectivity index (χ1) is 9.99. The zero-order valence-corrected chi connectivity index (χ0v) is 11.3. The largest absolute Gasteiger partial charge is 0.399 e. The number of fused-ring (bicyclic) bond motifs is 1. The standard InChI is InChI=1S/C14H9ClFN3O2/c15-8-2-1-3-9(16)12(8)13(20)19-11-5-4-7(17)6-10(11)18-14(19)21/h1-6H,17H2,(H,18,21). The molecule has 3 rings (SSSR count). The molecule has 0 amide bonds.